The Bertz CT molecular complexity index is 1050. The SMILES string of the molecule is Cn1nccc1-c1cncc(CNC(=O)C(c2ccccc2)c2ccccc2)c1. The average Bonchev–Trinajstić information content (AvgIpc) is 3.20. The molecule has 0 radical (unpaired) electrons. The molecule has 5 nitrogen and oxygen atoms in total. The highest BCUT2D eigenvalue weighted by atomic mass is 16.1. The van der Waals surface area contributed by atoms with Crippen LogP contribution in [-0.4, -0.2) is 20.7 Å². The molecule has 4 aromatic rings. The molecule has 0 bridgehead atoms. The van der Waals surface area contributed by atoms with Gasteiger partial charge in [-0.3, -0.25) is 14.5 Å². The first-order valence-electron chi connectivity index (χ1n) is 9.52. The summed E-state index contributed by atoms with van der Waals surface area (Å²) < 4.78 is 1.81. The number of hydrogen-bond donors (Lipinski definition) is 1. The number of aryl methyl sites for hydroxylation is 1. The molecular formula is C24H22N4O. The standard InChI is InChI=1S/C24H22N4O/c1-28-22(12-13-27-28)21-14-18(15-25-17-21)16-26-24(29)23(19-8-4-2-5-9-19)20-10-6-3-7-11-20/h2-15,17,23H,16H2,1H3,(H,26,29). The number of nitrogens with zero attached hydrogens (tertiary/aromatic N) is 3. The maximum atomic E-state index is 13.1. The van der Waals surface area contributed by atoms with E-state index in [4.69, 9.17) is 0 Å². The first-order valence-corrected chi connectivity index (χ1v) is 9.52. The second kappa shape index (κ2) is 8.52. The van der Waals surface area contributed by atoms with Crippen LogP contribution in [0.5, 0.6) is 0 Å². The summed E-state index contributed by atoms with van der Waals surface area (Å²) >= 11 is 0. The molecule has 2 heterocycles. The third kappa shape index (κ3) is 4.24. The van der Waals surface area contributed by atoms with Gasteiger partial charge in [-0.15, -0.1) is 0 Å². The maximum Gasteiger partial charge on any atom is 0.232 e. The first kappa shape index (κ1) is 18.6. The average molecular weight is 382 g/mol. The van der Waals surface area contributed by atoms with E-state index in [9.17, 15) is 4.79 Å². The second-order valence-electron chi connectivity index (χ2n) is 6.89. The van der Waals surface area contributed by atoms with Gasteiger partial charge in [0, 0.05) is 37.7 Å². The number of pyridine rings is 1. The molecule has 1 N–H and O–H groups in total. The van der Waals surface area contributed by atoms with Crippen LogP contribution in [-0.2, 0) is 18.4 Å². The monoisotopic (exact) mass is 382 g/mol. The van der Waals surface area contributed by atoms with Crippen molar-refractivity contribution in [1.29, 1.82) is 0 Å². The second-order valence-corrected chi connectivity index (χ2v) is 6.89. The molecule has 0 unspecified atom stereocenters. The van der Waals surface area contributed by atoms with Gasteiger partial charge in [0.1, 0.15) is 0 Å². The van der Waals surface area contributed by atoms with Crippen LogP contribution in [0, 0.1) is 0 Å². The Morgan fingerprint density at radius 1 is 0.966 bits per heavy atom. The lowest BCUT2D eigenvalue weighted by atomic mass is 9.90. The Morgan fingerprint density at radius 3 is 2.21 bits per heavy atom. The van der Waals surface area contributed by atoms with Crippen LogP contribution in [0.4, 0.5) is 0 Å². The van der Waals surface area contributed by atoms with Gasteiger partial charge in [-0.25, -0.2) is 0 Å². The molecule has 0 atom stereocenters. The topological polar surface area (TPSA) is 59.8 Å². The fourth-order valence-corrected chi connectivity index (χ4v) is 3.46. The van der Waals surface area contributed by atoms with E-state index < -0.39 is 0 Å². The van der Waals surface area contributed by atoms with E-state index in [2.05, 4.69) is 15.4 Å². The van der Waals surface area contributed by atoms with Gasteiger partial charge < -0.3 is 5.32 Å². The molecular weight excluding hydrogens is 360 g/mol. The molecule has 0 saturated heterocycles. The predicted molar refractivity (Wildman–Crippen MR) is 113 cm³/mol. The summed E-state index contributed by atoms with van der Waals surface area (Å²) in [6, 6.07) is 23.7. The van der Waals surface area contributed by atoms with Crippen LogP contribution in [0.2, 0.25) is 0 Å². The molecule has 144 valence electrons. The molecule has 0 aliphatic heterocycles. The summed E-state index contributed by atoms with van der Waals surface area (Å²) in [6.07, 6.45) is 5.34. The third-order valence-electron chi connectivity index (χ3n) is 4.91. The minimum atomic E-state index is -0.356. The highest BCUT2D eigenvalue weighted by Gasteiger charge is 2.22. The number of amides is 1. The van der Waals surface area contributed by atoms with Crippen molar-refractivity contribution >= 4 is 5.91 Å². The summed E-state index contributed by atoms with van der Waals surface area (Å²) in [7, 11) is 1.90. The van der Waals surface area contributed by atoms with E-state index >= 15 is 0 Å². The number of rotatable bonds is 6. The molecule has 2 aromatic heterocycles. The number of aromatic nitrogens is 3. The zero-order chi connectivity index (χ0) is 20.1. The number of nitrogens with one attached hydrogen (secondary N) is 1. The Balaban J connectivity index is 1.54. The summed E-state index contributed by atoms with van der Waals surface area (Å²) in [4.78, 5) is 17.5. The van der Waals surface area contributed by atoms with Gasteiger partial charge >= 0.3 is 0 Å². The van der Waals surface area contributed by atoms with Gasteiger partial charge in [-0.2, -0.15) is 5.10 Å². The van der Waals surface area contributed by atoms with Crippen molar-refractivity contribution in [2.24, 2.45) is 7.05 Å². The van der Waals surface area contributed by atoms with Crippen LogP contribution in [0.25, 0.3) is 11.3 Å². The molecule has 0 aliphatic rings. The van der Waals surface area contributed by atoms with Crippen LogP contribution >= 0.6 is 0 Å². The summed E-state index contributed by atoms with van der Waals surface area (Å²) in [6.45, 7) is 0.410. The zero-order valence-corrected chi connectivity index (χ0v) is 16.2. The predicted octanol–water partition coefficient (Wildman–Crippen LogP) is 3.93. The van der Waals surface area contributed by atoms with Gasteiger partial charge in [0.15, 0.2) is 0 Å². The minimum Gasteiger partial charge on any atom is -0.351 e. The van der Waals surface area contributed by atoms with E-state index in [1.165, 1.54) is 0 Å². The number of carbonyl (C=O) groups excluding carboxylic acids is 1. The zero-order valence-electron chi connectivity index (χ0n) is 16.2. The minimum absolute atomic E-state index is 0.0339. The molecule has 4 rings (SSSR count). The Morgan fingerprint density at radius 2 is 1.62 bits per heavy atom. The molecule has 0 fully saturated rings. The Hall–Kier alpha value is -3.73. The Kier molecular flexibility index (Phi) is 5.47. The molecule has 0 aliphatic carbocycles. The van der Waals surface area contributed by atoms with Crippen LogP contribution in [0.3, 0.4) is 0 Å². The third-order valence-corrected chi connectivity index (χ3v) is 4.91. The highest BCUT2D eigenvalue weighted by Crippen LogP contribution is 2.25. The lowest BCUT2D eigenvalue weighted by molar-refractivity contribution is -0.121. The van der Waals surface area contributed by atoms with Crippen molar-refractivity contribution in [1.82, 2.24) is 20.1 Å². The summed E-state index contributed by atoms with van der Waals surface area (Å²) in [5, 5.41) is 7.29. The molecule has 0 saturated carbocycles. The molecule has 1 amide bonds. The lowest BCUT2D eigenvalue weighted by Crippen LogP contribution is -2.29. The first-order chi connectivity index (χ1) is 14.2. The Labute approximate surface area is 170 Å². The molecule has 0 spiro atoms. The van der Waals surface area contributed by atoms with E-state index in [0.717, 1.165) is 27.9 Å². The smallest absolute Gasteiger partial charge is 0.232 e. The van der Waals surface area contributed by atoms with Crippen molar-refractivity contribution in [3.8, 4) is 11.3 Å². The van der Waals surface area contributed by atoms with Crippen LogP contribution in [0.15, 0.2) is 91.4 Å². The highest BCUT2D eigenvalue weighted by molar-refractivity contribution is 5.87. The van der Waals surface area contributed by atoms with Gasteiger partial charge in [0.25, 0.3) is 0 Å². The quantitative estimate of drug-likeness (QED) is 0.550. The lowest BCUT2D eigenvalue weighted by Gasteiger charge is -2.18. The molecule has 29 heavy (non-hydrogen) atoms. The van der Waals surface area contributed by atoms with E-state index in [1.54, 1.807) is 23.3 Å². The van der Waals surface area contributed by atoms with Crippen molar-refractivity contribution in [3.05, 3.63) is 108 Å². The molecule has 2 aromatic carbocycles. The maximum absolute atomic E-state index is 13.1. The molecule has 5 heteroatoms. The van der Waals surface area contributed by atoms with Crippen molar-refractivity contribution in [2.75, 3.05) is 0 Å². The van der Waals surface area contributed by atoms with E-state index in [0.29, 0.717) is 6.54 Å². The van der Waals surface area contributed by atoms with E-state index in [-0.39, 0.29) is 11.8 Å². The van der Waals surface area contributed by atoms with Crippen molar-refractivity contribution in [2.45, 2.75) is 12.5 Å². The number of benzene rings is 2. The van der Waals surface area contributed by atoms with Crippen molar-refractivity contribution in [3.63, 3.8) is 0 Å². The largest absolute Gasteiger partial charge is 0.351 e. The van der Waals surface area contributed by atoms with E-state index in [1.807, 2.05) is 79.8 Å². The number of hydrogen-bond acceptors (Lipinski definition) is 3. The fourth-order valence-electron chi connectivity index (χ4n) is 3.46. The van der Waals surface area contributed by atoms with Gasteiger partial charge in [-0.05, 0) is 28.8 Å². The summed E-state index contributed by atoms with van der Waals surface area (Å²) in [5.74, 6) is -0.390. The normalized spacial score (nSPS) is 10.8. The van der Waals surface area contributed by atoms with Gasteiger partial charge in [0.2, 0.25) is 5.91 Å². The van der Waals surface area contributed by atoms with Gasteiger partial charge in [0.05, 0.1) is 11.6 Å². The number of carbonyl (C=O) groups is 1. The van der Waals surface area contributed by atoms with Crippen LogP contribution in [0.1, 0.15) is 22.6 Å². The van der Waals surface area contributed by atoms with Crippen molar-refractivity contribution < 1.29 is 4.79 Å². The van der Waals surface area contributed by atoms with Gasteiger partial charge in [-0.1, -0.05) is 60.7 Å². The summed E-state index contributed by atoms with van der Waals surface area (Å²) in [5.41, 5.74) is 4.84. The fraction of sp³-hybridized carbons (Fsp3) is 0.125. The van der Waals surface area contributed by atoms with Crippen LogP contribution < -0.4 is 5.32 Å².